The van der Waals surface area contributed by atoms with Crippen LogP contribution in [0.3, 0.4) is 0 Å². The molecule has 0 aliphatic carbocycles. The Morgan fingerprint density at radius 3 is 2.21 bits per heavy atom. The molecule has 2 aromatic heterocycles. The van der Waals surface area contributed by atoms with Gasteiger partial charge < -0.3 is 5.32 Å². The number of carbonyl (C=O) groups excluding carboxylic acids is 1. The lowest BCUT2D eigenvalue weighted by atomic mass is 10.0. The number of para-hydroxylation sites is 1. The highest BCUT2D eigenvalue weighted by Crippen LogP contribution is 2.32. The quantitative estimate of drug-likeness (QED) is 0.316. The molecule has 0 bridgehead atoms. The highest BCUT2D eigenvalue weighted by atomic mass is 32.1. The molecule has 5 nitrogen and oxygen atoms in total. The minimum atomic E-state index is -0.655. The van der Waals surface area contributed by atoms with E-state index < -0.39 is 6.04 Å². The molecule has 0 radical (unpaired) electrons. The molecule has 34 heavy (non-hydrogen) atoms. The first kappa shape index (κ1) is 21.8. The molecule has 5 aromatic rings. The van der Waals surface area contributed by atoms with Crippen LogP contribution in [-0.4, -0.2) is 15.5 Å². The van der Waals surface area contributed by atoms with Gasteiger partial charge in [0.05, 0.1) is 11.7 Å². The van der Waals surface area contributed by atoms with Crippen molar-refractivity contribution in [1.29, 1.82) is 0 Å². The number of hydrogen-bond acceptors (Lipinski definition) is 4. The lowest BCUT2D eigenvalue weighted by molar-refractivity contribution is -0.119. The Hall–Kier alpha value is -4.03. The molecule has 0 aliphatic rings. The van der Waals surface area contributed by atoms with Gasteiger partial charge in [-0.1, -0.05) is 79.7 Å². The van der Waals surface area contributed by atoms with Crippen molar-refractivity contribution in [1.82, 2.24) is 9.55 Å². The lowest BCUT2D eigenvalue weighted by Crippen LogP contribution is -2.33. The van der Waals surface area contributed by atoms with Gasteiger partial charge in [0.15, 0.2) is 0 Å². The third kappa shape index (κ3) is 4.16. The van der Waals surface area contributed by atoms with Crippen LogP contribution in [0.5, 0.6) is 0 Å². The molecule has 3 aromatic carbocycles. The lowest BCUT2D eigenvalue weighted by Gasteiger charge is -2.17. The monoisotopic (exact) mass is 465 g/mol. The Labute approximate surface area is 201 Å². The molecule has 1 N–H and O–H groups in total. The molecular weight excluding hydrogens is 442 g/mol. The number of fused-ring (bicyclic) bond motifs is 1. The normalized spacial score (nSPS) is 11.9. The van der Waals surface area contributed by atoms with E-state index in [1.54, 1.807) is 0 Å². The number of rotatable bonds is 6. The van der Waals surface area contributed by atoms with Crippen molar-refractivity contribution in [2.75, 3.05) is 5.32 Å². The van der Waals surface area contributed by atoms with Crippen LogP contribution < -0.4 is 10.9 Å². The van der Waals surface area contributed by atoms with E-state index in [-0.39, 0.29) is 11.5 Å². The van der Waals surface area contributed by atoms with Gasteiger partial charge in [0, 0.05) is 16.6 Å². The van der Waals surface area contributed by atoms with Crippen LogP contribution in [0.15, 0.2) is 101 Å². The van der Waals surface area contributed by atoms with Gasteiger partial charge in [-0.3, -0.25) is 14.2 Å². The largest absolute Gasteiger partial charge is 0.324 e. The molecule has 1 amide bonds. The molecule has 1 unspecified atom stereocenters. The van der Waals surface area contributed by atoms with Crippen molar-refractivity contribution in [2.45, 2.75) is 19.4 Å². The standard InChI is InChI=1S/C28H23N3O2S/c1-2-24(26(32)30-22-11-7-4-8-12-22)31-18-29-27-25(28(31)33)23(17-34-27)21-15-13-20(14-16-21)19-9-5-3-6-10-19/h3-18,24H,2H2,1H3,(H,30,32). The summed E-state index contributed by atoms with van der Waals surface area (Å²) in [5.74, 6) is -0.235. The SMILES string of the molecule is CCC(C(=O)Nc1ccccc1)n1cnc2scc(-c3ccc(-c4ccccc4)cc3)c2c1=O. The van der Waals surface area contributed by atoms with E-state index in [1.807, 2.05) is 73.0 Å². The van der Waals surface area contributed by atoms with E-state index in [0.29, 0.717) is 22.3 Å². The van der Waals surface area contributed by atoms with Crippen molar-refractivity contribution < 1.29 is 4.79 Å². The number of aromatic nitrogens is 2. The van der Waals surface area contributed by atoms with E-state index in [9.17, 15) is 9.59 Å². The van der Waals surface area contributed by atoms with Gasteiger partial charge >= 0.3 is 0 Å². The van der Waals surface area contributed by atoms with Crippen molar-refractivity contribution in [3.63, 3.8) is 0 Å². The average molecular weight is 466 g/mol. The van der Waals surface area contributed by atoms with E-state index in [0.717, 1.165) is 22.3 Å². The zero-order valence-electron chi connectivity index (χ0n) is 18.6. The van der Waals surface area contributed by atoms with E-state index in [4.69, 9.17) is 0 Å². The molecule has 0 saturated carbocycles. The van der Waals surface area contributed by atoms with Gasteiger partial charge in [-0.2, -0.15) is 0 Å². The number of nitrogens with zero attached hydrogens (tertiary/aromatic N) is 2. The Bertz CT molecular complexity index is 1490. The van der Waals surface area contributed by atoms with Crippen LogP contribution in [0, 0.1) is 0 Å². The fourth-order valence-corrected chi connectivity index (χ4v) is 5.01. The molecule has 0 spiro atoms. The molecule has 2 heterocycles. The summed E-state index contributed by atoms with van der Waals surface area (Å²) in [5, 5.41) is 5.42. The van der Waals surface area contributed by atoms with Gasteiger partial charge in [0.1, 0.15) is 10.9 Å². The number of amides is 1. The van der Waals surface area contributed by atoms with Crippen molar-refractivity contribution in [3.8, 4) is 22.3 Å². The minimum Gasteiger partial charge on any atom is -0.324 e. The molecule has 6 heteroatoms. The first-order chi connectivity index (χ1) is 16.7. The average Bonchev–Trinajstić information content (AvgIpc) is 3.32. The highest BCUT2D eigenvalue weighted by Gasteiger charge is 2.23. The number of thiophene rings is 1. The summed E-state index contributed by atoms with van der Waals surface area (Å²) in [6, 6.07) is 26.9. The Balaban J connectivity index is 1.51. The number of carbonyl (C=O) groups is 1. The van der Waals surface area contributed by atoms with Crippen LogP contribution in [0.1, 0.15) is 19.4 Å². The first-order valence-corrected chi connectivity index (χ1v) is 12.0. The summed E-state index contributed by atoms with van der Waals surface area (Å²) in [6.07, 6.45) is 1.96. The van der Waals surface area contributed by atoms with Crippen LogP contribution in [0.2, 0.25) is 0 Å². The topological polar surface area (TPSA) is 64.0 Å². The van der Waals surface area contributed by atoms with Gasteiger partial charge in [-0.25, -0.2) is 4.98 Å². The van der Waals surface area contributed by atoms with Crippen LogP contribution >= 0.6 is 11.3 Å². The second-order valence-corrected chi connectivity index (χ2v) is 8.87. The fourth-order valence-electron chi connectivity index (χ4n) is 4.11. The molecule has 0 saturated heterocycles. The van der Waals surface area contributed by atoms with Crippen molar-refractivity contribution in [3.05, 3.63) is 107 Å². The van der Waals surface area contributed by atoms with E-state index in [2.05, 4.69) is 34.6 Å². The van der Waals surface area contributed by atoms with Crippen LogP contribution in [-0.2, 0) is 4.79 Å². The number of nitrogens with one attached hydrogen (secondary N) is 1. The van der Waals surface area contributed by atoms with Gasteiger partial charge in [-0.15, -0.1) is 11.3 Å². The number of anilines is 1. The summed E-state index contributed by atoms with van der Waals surface area (Å²) in [4.78, 5) is 31.8. The minimum absolute atomic E-state index is 0.205. The van der Waals surface area contributed by atoms with Crippen LogP contribution in [0.25, 0.3) is 32.5 Å². The zero-order valence-corrected chi connectivity index (χ0v) is 19.5. The summed E-state index contributed by atoms with van der Waals surface area (Å²) >= 11 is 1.44. The predicted octanol–water partition coefficient (Wildman–Crippen LogP) is 6.38. The van der Waals surface area contributed by atoms with Gasteiger partial charge in [0.25, 0.3) is 5.56 Å². The first-order valence-electron chi connectivity index (χ1n) is 11.2. The fraction of sp³-hybridized carbons (Fsp3) is 0.107. The van der Waals surface area contributed by atoms with Crippen molar-refractivity contribution >= 4 is 33.1 Å². The van der Waals surface area contributed by atoms with Crippen LogP contribution in [0.4, 0.5) is 5.69 Å². The smallest absolute Gasteiger partial charge is 0.263 e. The van der Waals surface area contributed by atoms with Crippen molar-refractivity contribution in [2.24, 2.45) is 0 Å². The maximum absolute atomic E-state index is 13.6. The summed E-state index contributed by atoms with van der Waals surface area (Å²) in [5.41, 5.74) is 4.53. The molecule has 168 valence electrons. The third-order valence-electron chi connectivity index (χ3n) is 5.89. The summed E-state index contributed by atoms with van der Waals surface area (Å²) < 4.78 is 1.45. The molecule has 5 rings (SSSR count). The maximum atomic E-state index is 13.6. The maximum Gasteiger partial charge on any atom is 0.263 e. The Morgan fingerprint density at radius 1 is 0.912 bits per heavy atom. The van der Waals surface area contributed by atoms with Gasteiger partial charge in [-0.05, 0) is 35.2 Å². The molecule has 1 atom stereocenters. The Kier molecular flexibility index (Phi) is 6.06. The number of benzene rings is 3. The van der Waals surface area contributed by atoms with Gasteiger partial charge in [0.2, 0.25) is 5.91 Å². The number of hydrogen-bond donors (Lipinski definition) is 1. The summed E-state index contributed by atoms with van der Waals surface area (Å²) in [6.45, 7) is 1.89. The third-order valence-corrected chi connectivity index (χ3v) is 6.78. The molecule has 0 aliphatic heterocycles. The molecule has 0 fully saturated rings. The Morgan fingerprint density at radius 2 is 1.53 bits per heavy atom. The zero-order chi connectivity index (χ0) is 23.5. The second kappa shape index (κ2) is 9.45. The second-order valence-electron chi connectivity index (χ2n) is 8.01. The van der Waals surface area contributed by atoms with E-state index in [1.165, 1.54) is 22.2 Å². The summed E-state index contributed by atoms with van der Waals surface area (Å²) in [7, 11) is 0. The molecular formula is C28H23N3O2S. The highest BCUT2D eigenvalue weighted by molar-refractivity contribution is 7.17. The predicted molar refractivity (Wildman–Crippen MR) is 139 cm³/mol. The van der Waals surface area contributed by atoms with E-state index >= 15 is 0 Å².